The topological polar surface area (TPSA) is 67.6 Å². The van der Waals surface area contributed by atoms with Gasteiger partial charge < -0.3 is 14.7 Å². The fourth-order valence-corrected chi connectivity index (χ4v) is 4.09. The Hall–Kier alpha value is -1.40. The number of nitrogens with zero attached hydrogens (tertiary/aromatic N) is 3. The quantitative estimate of drug-likeness (QED) is 0.909. The van der Waals surface area contributed by atoms with Gasteiger partial charge >= 0.3 is 0 Å². The van der Waals surface area contributed by atoms with Crippen LogP contribution in [0, 0.1) is 13.8 Å². The number of aryl methyl sites for hydroxylation is 2. The molecule has 2 aliphatic heterocycles. The monoisotopic (exact) mass is 335 g/mol. The van der Waals surface area contributed by atoms with E-state index >= 15 is 0 Å². The van der Waals surface area contributed by atoms with Crippen molar-refractivity contribution in [2.24, 2.45) is 7.05 Å². The molecule has 24 heavy (non-hydrogen) atoms. The normalized spacial score (nSPS) is 23.7. The second-order valence-electron chi connectivity index (χ2n) is 7.23. The highest BCUT2D eigenvalue weighted by Crippen LogP contribution is 2.35. The van der Waals surface area contributed by atoms with Crippen LogP contribution in [0.1, 0.15) is 49.1 Å². The second kappa shape index (κ2) is 6.84. The first-order valence-electron chi connectivity index (χ1n) is 9.02. The number of amides is 1. The van der Waals surface area contributed by atoms with Gasteiger partial charge in [0.15, 0.2) is 0 Å². The lowest BCUT2D eigenvalue weighted by Gasteiger charge is -2.46. The summed E-state index contributed by atoms with van der Waals surface area (Å²) in [4.78, 5) is 14.5. The van der Waals surface area contributed by atoms with Crippen LogP contribution in [-0.2, 0) is 23.0 Å². The Bertz CT molecular complexity index is 603. The average molecular weight is 335 g/mol. The minimum absolute atomic E-state index is 0.192. The number of carbonyl (C=O) groups is 1. The summed E-state index contributed by atoms with van der Waals surface area (Å²) >= 11 is 0. The van der Waals surface area contributed by atoms with Gasteiger partial charge in [-0.2, -0.15) is 5.10 Å². The zero-order valence-corrected chi connectivity index (χ0v) is 15.0. The maximum atomic E-state index is 12.5. The van der Waals surface area contributed by atoms with Crippen LogP contribution in [0.5, 0.6) is 0 Å². The number of carbonyl (C=O) groups excluding carboxylic acids is 1. The van der Waals surface area contributed by atoms with Crippen LogP contribution < -0.4 is 0 Å². The molecular formula is C18H29N3O3. The molecule has 0 unspecified atom stereocenters. The van der Waals surface area contributed by atoms with Crippen LogP contribution in [0.25, 0.3) is 0 Å². The number of piperidine rings is 1. The van der Waals surface area contributed by atoms with E-state index in [0.29, 0.717) is 19.5 Å². The molecule has 3 rings (SSSR count). The third-order valence-electron chi connectivity index (χ3n) is 5.83. The van der Waals surface area contributed by atoms with Gasteiger partial charge in [-0.05, 0) is 51.5 Å². The number of hydrogen-bond acceptors (Lipinski definition) is 4. The molecule has 134 valence electrons. The number of aromatic nitrogens is 2. The molecule has 2 saturated heterocycles. The maximum Gasteiger partial charge on any atom is 0.222 e. The summed E-state index contributed by atoms with van der Waals surface area (Å²) in [6, 6.07) is 0. The van der Waals surface area contributed by atoms with Gasteiger partial charge in [-0.3, -0.25) is 9.48 Å². The van der Waals surface area contributed by atoms with Gasteiger partial charge in [-0.25, -0.2) is 0 Å². The molecule has 0 aliphatic carbocycles. The van der Waals surface area contributed by atoms with Crippen molar-refractivity contribution >= 4 is 5.91 Å². The molecule has 1 amide bonds. The van der Waals surface area contributed by atoms with Gasteiger partial charge in [0.05, 0.1) is 17.4 Å². The standard InChI is InChI=1S/C18H29N3O3/c1-13-15(14(2)20(3)19-13)6-7-17(23)21-10-8-18(9-11-21)16(22)5-4-12-24-18/h16,22H,4-12H2,1-3H3/t16-/m1/s1. The van der Waals surface area contributed by atoms with Crippen LogP contribution in [0.4, 0.5) is 0 Å². The molecular weight excluding hydrogens is 306 g/mol. The van der Waals surface area contributed by atoms with E-state index in [-0.39, 0.29) is 12.0 Å². The molecule has 1 atom stereocenters. The van der Waals surface area contributed by atoms with E-state index in [1.54, 1.807) is 0 Å². The predicted octanol–water partition coefficient (Wildman–Crippen LogP) is 1.50. The van der Waals surface area contributed by atoms with Crippen molar-refractivity contribution in [3.05, 3.63) is 17.0 Å². The third kappa shape index (κ3) is 3.22. The number of ether oxygens (including phenoxy) is 1. The SMILES string of the molecule is Cc1nn(C)c(C)c1CCC(=O)N1CCC2(CC1)OCCC[C@H]2O. The van der Waals surface area contributed by atoms with Crippen molar-refractivity contribution in [1.29, 1.82) is 0 Å². The lowest BCUT2D eigenvalue weighted by molar-refractivity contribution is -0.179. The molecule has 1 aromatic heterocycles. The minimum atomic E-state index is -0.411. The average Bonchev–Trinajstić information content (AvgIpc) is 2.81. The van der Waals surface area contributed by atoms with Crippen molar-refractivity contribution in [1.82, 2.24) is 14.7 Å². The van der Waals surface area contributed by atoms with E-state index in [0.717, 1.165) is 50.1 Å². The zero-order valence-electron chi connectivity index (χ0n) is 15.0. The molecule has 0 bridgehead atoms. The van der Waals surface area contributed by atoms with Crippen LogP contribution in [0.3, 0.4) is 0 Å². The highest BCUT2D eigenvalue weighted by Gasteiger charge is 2.44. The number of likely N-dealkylation sites (tertiary alicyclic amines) is 1. The molecule has 2 aliphatic rings. The third-order valence-corrected chi connectivity index (χ3v) is 5.83. The molecule has 1 spiro atoms. The predicted molar refractivity (Wildman–Crippen MR) is 90.7 cm³/mol. The summed E-state index contributed by atoms with van der Waals surface area (Å²) in [5, 5.41) is 14.7. The molecule has 2 fully saturated rings. The van der Waals surface area contributed by atoms with Crippen LogP contribution >= 0.6 is 0 Å². The largest absolute Gasteiger partial charge is 0.390 e. The second-order valence-corrected chi connectivity index (χ2v) is 7.23. The Labute approximate surface area is 143 Å². The molecule has 1 N–H and O–H groups in total. The van der Waals surface area contributed by atoms with E-state index < -0.39 is 5.60 Å². The first kappa shape index (κ1) is 17.4. The number of aliphatic hydroxyl groups is 1. The fourth-order valence-electron chi connectivity index (χ4n) is 4.09. The Morgan fingerprint density at radius 3 is 2.67 bits per heavy atom. The number of hydrogen-bond donors (Lipinski definition) is 1. The molecule has 6 heteroatoms. The highest BCUT2D eigenvalue weighted by atomic mass is 16.5. The summed E-state index contributed by atoms with van der Waals surface area (Å²) in [5.74, 6) is 0.192. The first-order chi connectivity index (χ1) is 11.4. The van der Waals surface area contributed by atoms with Crippen LogP contribution in [0.15, 0.2) is 0 Å². The van der Waals surface area contributed by atoms with E-state index in [9.17, 15) is 9.90 Å². The van der Waals surface area contributed by atoms with E-state index in [4.69, 9.17) is 4.74 Å². The van der Waals surface area contributed by atoms with E-state index in [1.807, 2.05) is 30.5 Å². The number of rotatable bonds is 3. The summed E-state index contributed by atoms with van der Waals surface area (Å²) in [6.07, 6.45) is 4.09. The minimum Gasteiger partial charge on any atom is -0.390 e. The summed E-state index contributed by atoms with van der Waals surface area (Å²) in [6.45, 7) is 6.14. The Morgan fingerprint density at radius 2 is 2.08 bits per heavy atom. The van der Waals surface area contributed by atoms with Gasteiger partial charge in [0.1, 0.15) is 0 Å². The van der Waals surface area contributed by atoms with E-state index in [2.05, 4.69) is 5.10 Å². The maximum absolute atomic E-state index is 12.5. The molecule has 6 nitrogen and oxygen atoms in total. The van der Waals surface area contributed by atoms with Crippen LogP contribution in [0.2, 0.25) is 0 Å². The molecule has 0 saturated carbocycles. The van der Waals surface area contributed by atoms with Gasteiger partial charge in [-0.15, -0.1) is 0 Å². The van der Waals surface area contributed by atoms with Crippen LogP contribution in [-0.4, -0.2) is 57.1 Å². The van der Waals surface area contributed by atoms with Crippen molar-refractivity contribution in [2.45, 2.75) is 64.1 Å². The Balaban J connectivity index is 1.54. The van der Waals surface area contributed by atoms with Gasteiger partial charge in [0, 0.05) is 38.9 Å². The molecule has 0 aromatic carbocycles. The molecule has 0 radical (unpaired) electrons. The fraction of sp³-hybridized carbons (Fsp3) is 0.778. The summed E-state index contributed by atoms with van der Waals surface area (Å²) < 4.78 is 7.79. The zero-order chi connectivity index (χ0) is 17.3. The van der Waals surface area contributed by atoms with Gasteiger partial charge in [-0.1, -0.05) is 0 Å². The molecule has 3 heterocycles. The smallest absolute Gasteiger partial charge is 0.222 e. The van der Waals surface area contributed by atoms with Crippen molar-refractivity contribution in [3.63, 3.8) is 0 Å². The van der Waals surface area contributed by atoms with Crippen molar-refractivity contribution < 1.29 is 14.6 Å². The Morgan fingerprint density at radius 1 is 1.38 bits per heavy atom. The van der Waals surface area contributed by atoms with Crippen molar-refractivity contribution in [2.75, 3.05) is 19.7 Å². The van der Waals surface area contributed by atoms with E-state index in [1.165, 1.54) is 5.56 Å². The Kier molecular flexibility index (Phi) is 4.97. The molecule has 1 aromatic rings. The summed E-state index contributed by atoms with van der Waals surface area (Å²) in [5.41, 5.74) is 2.92. The first-order valence-corrected chi connectivity index (χ1v) is 9.02. The van der Waals surface area contributed by atoms with Gasteiger partial charge in [0.2, 0.25) is 5.91 Å². The summed E-state index contributed by atoms with van der Waals surface area (Å²) in [7, 11) is 1.94. The lowest BCUT2D eigenvalue weighted by Crippen LogP contribution is -2.56. The highest BCUT2D eigenvalue weighted by molar-refractivity contribution is 5.76. The lowest BCUT2D eigenvalue weighted by atomic mass is 9.82. The van der Waals surface area contributed by atoms with Crippen molar-refractivity contribution in [3.8, 4) is 0 Å². The number of aliphatic hydroxyl groups excluding tert-OH is 1. The van der Waals surface area contributed by atoms with Gasteiger partial charge in [0.25, 0.3) is 0 Å².